The van der Waals surface area contributed by atoms with Crippen LogP contribution in [0.2, 0.25) is 0 Å². The Kier molecular flexibility index (Phi) is 3.46. The van der Waals surface area contributed by atoms with Crippen molar-refractivity contribution in [3.05, 3.63) is 18.1 Å². The van der Waals surface area contributed by atoms with Crippen molar-refractivity contribution in [2.45, 2.75) is 25.1 Å². The Balaban J connectivity index is 1.96. The van der Waals surface area contributed by atoms with Crippen molar-refractivity contribution < 1.29 is 17.9 Å². The lowest BCUT2D eigenvalue weighted by molar-refractivity contribution is -0.141. The van der Waals surface area contributed by atoms with Gasteiger partial charge in [-0.25, -0.2) is 9.97 Å². The summed E-state index contributed by atoms with van der Waals surface area (Å²) < 4.78 is 42.4. The Bertz CT molecular complexity index is 377. The second kappa shape index (κ2) is 4.87. The van der Waals surface area contributed by atoms with Gasteiger partial charge in [-0.3, -0.25) is 0 Å². The third kappa shape index (κ3) is 3.29. The zero-order valence-corrected chi connectivity index (χ0v) is 9.00. The summed E-state index contributed by atoms with van der Waals surface area (Å²) in [4.78, 5) is 6.92. The number of alkyl halides is 3. The fourth-order valence-electron chi connectivity index (χ4n) is 1.63. The summed E-state index contributed by atoms with van der Waals surface area (Å²) in [6, 6.07) is 0.898. The Hall–Kier alpha value is -1.37. The average molecular weight is 247 g/mol. The van der Waals surface area contributed by atoms with Crippen molar-refractivity contribution in [1.82, 2.24) is 9.97 Å². The molecule has 17 heavy (non-hydrogen) atoms. The van der Waals surface area contributed by atoms with Crippen LogP contribution in [-0.2, 0) is 10.9 Å². The van der Waals surface area contributed by atoms with E-state index in [1.165, 1.54) is 0 Å². The predicted molar refractivity (Wildman–Crippen MR) is 54.5 cm³/mol. The maximum Gasteiger partial charge on any atom is 0.433 e. The van der Waals surface area contributed by atoms with Crippen LogP contribution in [0.4, 0.5) is 19.0 Å². The largest absolute Gasteiger partial charge is 0.433 e. The number of ether oxygens (including phenoxy) is 1. The van der Waals surface area contributed by atoms with Crippen LogP contribution in [0.1, 0.15) is 18.5 Å². The lowest BCUT2D eigenvalue weighted by Gasteiger charge is -2.12. The van der Waals surface area contributed by atoms with Crippen LogP contribution >= 0.6 is 0 Å². The molecule has 1 fully saturated rings. The van der Waals surface area contributed by atoms with Crippen LogP contribution in [0.5, 0.6) is 0 Å². The van der Waals surface area contributed by atoms with Gasteiger partial charge in [-0.05, 0) is 12.8 Å². The zero-order chi connectivity index (χ0) is 12.3. The molecule has 0 bridgehead atoms. The van der Waals surface area contributed by atoms with Crippen LogP contribution in [0.25, 0.3) is 0 Å². The van der Waals surface area contributed by atoms with Gasteiger partial charge in [-0.15, -0.1) is 0 Å². The van der Waals surface area contributed by atoms with E-state index in [-0.39, 0.29) is 11.9 Å². The van der Waals surface area contributed by atoms with E-state index >= 15 is 0 Å². The van der Waals surface area contributed by atoms with Gasteiger partial charge in [0.1, 0.15) is 17.8 Å². The molecular formula is C10H12F3N3O. The first-order valence-corrected chi connectivity index (χ1v) is 5.30. The summed E-state index contributed by atoms with van der Waals surface area (Å²) in [5, 5.41) is 2.82. The number of rotatable bonds is 3. The molecule has 2 heterocycles. The molecule has 0 amide bonds. The molecule has 1 saturated heterocycles. The molecular weight excluding hydrogens is 235 g/mol. The van der Waals surface area contributed by atoms with Crippen LogP contribution in [0.3, 0.4) is 0 Å². The first-order valence-electron chi connectivity index (χ1n) is 5.30. The van der Waals surface area contributed by atoms with Crippen molar-refractivity contribution in [3.63, 3.8) is 0 Å². The minimum atomic E-state index is -4.44. The molecule has 1 aliphatic rings. The third-order valence-corrected chi connectivity index (χ3v) is 2.49. The average Bonchev–Trinajstić information content (AvgIpc) is 2.78. The highest BCUT2D eigenvalue weighted by Crippen LogP contribution is 2.28. The molecule has 1 atom stereocenters. The van der Waals surface area contributed by atoms with E-state index in [9.17, 15) is 13.2 Å². The van der Waals surface area contributed by atoms with Gasteiger partial charge in [0.05, 0.1) is 6.10 Å². The van der Waals surface area contributed by atoms with Crippen molar-refractivity contribution in [2.75, 3.05) is 18.5 Å². The van der Waals surface area contributed by atoms with Gasteiger partial charge in [-0.2, -0.15) is 13.2 Å². The maximum atomic E-state index is 12.4. The Labute approximate surface area is 96.2 Å². The van der Waals surface area contributed by atoms with Crippen LogP contribution in [0.15, 0.2) is 12.4 Å². The minimum Gasteiger partial charge on any atom is -0.376 e. The van der Waals surface area contributed by atoms with Crippen molar-refractivity contribution in [1.29, 1.82) is 0 Å². The van der Waals surface area contributed by atoms with Gasteiger partial charge in [0.25, 0.3) is 0 Å². The predicted octanol–water partition coefficient (Wildman–Crippen LogP) is 2.09. The van der Waals surface area contributed by atoms with Gasteiger partial charge < -0.3 is 10.1 Å². The third-order valence-electron chi connectivity index (χ3n) is 2.49. The molecule has 1 aromatic rings. The van der Waals surface area contributed by atoms with Gasteiger partial charge in [-0.1, -0.05) is 0 Å². The van der Waals surface area contributed by atoms with Gasteiger partial charge in [0.2, 0.25) is 0 Å². The van der Waals surface area contributed by atoms with Gasteiger partial charge >= 0.3 is 6.18 Å². The van der Waals surface area contributed by atoms with E-state index in [0.717, 1.165) is 25.2 Å². The number of nitrogens with zero attached hydrogens (tertiary/aromatic N) is 2. The van der Waals surface area contributed by atoms with E-state index in [1.807, 2.05) is 0 Å². The van der Waals surface area contributed by atoms with E-state index in [0.29, 0.717) is 13.2 Å². The quantitative estimate of drug-likeness (QED) is 0.888. The summed E-state index contributed by atoms with van der Waals surface area (Å²) in [7, 11) is 0. The molecule has 0 saturated carbocycles. The van der Waals surface area contributed by atoms with E-state index in [2.05, 4.69) is 15.3 Å². The van der Waals surface area contributed by atoms with Crippen LogP contribution in [0, 0.1) is 0 Å². The summed E-state index contributed by atoms with van der Waals surface area (Å²) in [6.07, 6.45) is -1.57. The second-order valence-electron chi connectivity index (χ2n) is 3.80. The lowest BCUT2D eigenvalue weighted by atomic mass is 10.2. The molecule has 2 rings (SSSR count). The molecule has 0 radical (unpaired) electrons. The topological polar surface area (TPSA) is 47.0 Å². The van der Waals surface area contributed by atoms with Crippen molar-refractivity contribution >= 4 is 5.82 Å². The minimum absolute atomic E-state index is 0.0549. The Morgan fingerprint density at radius 1 is 1.41 bits per heavy atom. The first kappa shape index (κ1) is 12.1. The standard InChI is InChI=1S/C10H12F3N3O/c11-10(12,13)8-4-9(16-6-15-8)14-5-7-2-1-3-17-7/h4,6-7H,1-3,5H2,(H,14,15,16). The first-order chi connectivity index (χ1) is 8.05. The highest BCUT2D eigenvalue weighted by atomic mass is 19.4. The zero-order valence-electron chi connectivity index (χ0n) is 9.00. The highest BCUT2D eigenvalue weighted by Gasteiger charge is 2.32. The SMILES string of the molecule is FC(F)(F)c1cc(NCC2CCCO2)ncn1. The molecule has 1 N–H and O–H groups in total. The van der Waals surface area contributed by atoms with Gasteiger partial charge in [0, 0.05) is 19.2 Å². The molecule has 1 aromatic heterocycles. The fourth-order valence-corrected chi connectivity index (χ4v) is 1.63. The van der Waals surface area contributed by atoms with Crippen LogP contribution in [-0.4, -0.2) is 29.2 Å². The monoisotopic (exact) mass is 247 g/mol. The number of hydrogen-bond donors (Lipinski definition) is 1. The molecule has 1 aliphatic heterocycles. The molecule has 94 valence electrons. The van der Waals surface area contributed by atoms with Crippen molar-refractivity contribution in [3.8, 4) is 0 Å². The number of hydrogen-bond acceptors (Lipinski definition) is 4. The molecule has 0 aliphatic carbocycles. The normalized spacial score (nSPS) is 20.5. The fraction of sp³-hybridized carbons (Fsp3) is 0.600. The number of nitrogens with one attached hydrogen (secondary N) is 1. The summed E-state index contributed by atoms with van der Waals surface area (Å²) in [5.41, 5.74) is -0.942. The number of anilines is 1. The molecule has 7 heteroatoms. The van der Waals surface area contributed by atoms with Crippen LogP contribution < -0.4 is 5.32 Å². The Morgan fingerprint density at radius 2 is 2.24 bits per heavy atom. The smallest absolute Gasteiger partial charge is 0.376 e. The van der Waals surface area contributed by atoms with E-state index in [4.69, 9.17) is 4.74 Å². The molecule has 0 spiro atoms. The maximum absolute atomic E-state index is 12.4. The van der Waals surface area contributed by atoms with Crippen molar-refractivity contribution in [2.24, 2.45) is 0 Å². The molecule has 1 unspecified atom stereocenters. The summed E-state index contributed by atoms with van der Waals surface area (Å²) in [6.45, 7) is 1.18. The Morgan fingerprint density at radius 3 is 2.88 bits per heavy atom. The summed E-state index contributed by atoms with van der Waals surface area (Å²) >= 11 is 0. The van der Waals surface area contributed by atoms with Gasteiger partial charge in [0.15, 0.2) is 0 Å². The number of aromatic nitrogens is 2. The van der Waals surface area contributed by atoms with E-state index in [1.54, 1.807) is 0 Å². The van der Waals surface area contributed by atoms with E-state index < -0.39 is 11.9 Å². The second-order valence-corrected chi connectivity index (χ2v) is 3.80. The lowest BCUT2D eigenvalue weighted by Crippen LogP contribution is -2.19. The molecule has 0 aromatic carbocycles. The summed E-state index contributed by atoms with van der Waals surface area (Å²) in [5.74, 6) is 0.169. The molecule has 4 nitrogen and oxygen atoms in total. The highest BCUT2D eigenvalue weighted by molar-refractivity contribution is 5.35. The number of halogens is 3.